The molecule has 1 aromatic heterocycles. The molecule has 0 radical (unpaired) electrons. The van der Waals surface area contributed by atoms with Crippen molar-refractivity contribution in [3.8, 4) is 0 Å². The summed E-state index contributed by atoms with van der Waals surface area (Å²) in [5.41, 5.74) is 2.39. The number of nitrogens with one attached hydrogen (secondary N) is 1. The number of benzene rings is 2. The van der Waals surface area contributed by atoms with Gasteiger partial charge in [0.25, 0.3) is 0 Å². The van der Waals surface area contributed by atoms with Crippen molar-refractivity contribution in [1.82, 2.24) is 20.4 Å². The van der Waals surface area contributed by atoms with Crippen LogP contribution >= 0.6 is 0 Å². The van der Waals surface area contributed by atoms with Crippen LogP contribution in [0.2, 0.25) is 0 Å². The van der Waals surface area contributed by atoms with E-state index in [-0.39, 0.29) is 11.9 Å². The smallest absolute Gasteiger partial charge is 0.229 e. The van der Waals surface area contributed by atoms with Gasteiger partial charge in [0.1, 0.15) is 0 Å². The van der Waals surface area contributed by atoms with Gasteiger partial charge in [-0.1, -0.05) is 72.2 Å². The lowest BCUT2D eigenvalue weighted by atomic mass is 9.83. The van der Waals surface area contributed by atoms with Crippen LogP contribution in [-0.4, -0.2) is 40.6 Å². The normalized spacial score (nSPS) is 18.2. The minimum absolute atomic E-state index is 0.0676. The molecule has 1 aliphatic heterocycles. The SMILES string of the molecule is O=C(CC1CCC1)NC(CCN1CCC(c2nc(Cc3ccccc3)no2)CC1)c1ccccc1. The molecular weight excluding hydrogens is 436 g/mol. The molecular formula is C29H36N4O2. The maximum Gasteiger partial charge on any atom is 0.229 e. The molecule has 6 heteroatoms. The van der Waals surface area contributed by atoms with E-state index in [0.717, 1.165) is 50.6 Å². The average molecular weight is 473 g/mol. The van der Waals surface area contributed by atoms with Crippen LogP contribution in [0.15, 0.2) is 65.2 Å². The number of carbonyl (C=O) groups excluding carboxylic acids is 1. The number of likely N-dealkylation sites (tertiary alicyclic amines) is 1. The fraction of sp³-hybridized carbons (Fsp3) is 0.483. The fourth-order valence-corrected chi connectivity index (χ4v) is 5.22. The summed E-state index contributed by atoms with van der Waals surface area (Å²) in [7, 11) is 0. The molecule has 1 saturated heterocycles. The summed E-state index contributed by atoms with van der Waals surface area (Å²) >= 11 is 0. The fourth-order valence-electron chi connectivity index (χ4n) is 5.22. The van der Waals surface area contributed by atoms with Crippen molar-refractivity contribution in [1.29, 1.82) is 0 Å². The number of nitrogens with zero attached hydrogens (tertiary/aromatic N) is 3. The van der Waals surface area contributed by atoms with Gasteiger partial charge < -0.3 is 14.7 Å². The van der Waals surface area contributed by atoms with E-state index >= 15 is 0 Å². The average Bonchev–Trinajstić information content (AvgIpc) is 3.34. The van der Waals surface area contributed by atoms with Crippen molar-refractivity contribution in [2.75, 3.05) is 19.6 Å². The third kappa shape index (κ3) is 6.57. The minimum atomic E-state index is 0.0676. The predicted octanol–water partition coefficient (Wildman–Crippen LogP) is 5.28. The highest BCUT2D eigenvalue weighted by atomic mass is 16.5. The third-order valence-electron chi connectivity index (χ3n) is 7.60. The highest BCUT2D eigenvalue weighted by Crippen LogP contribution is 2.30. The molecule has 1 saturated carbocycles. The van der Waals surface area contributed by atoms with Crippen molar-refractivity contribution >= 4 is 5.91 Å². The summed E-state index contributed by atoms with van der Waals surface area (Å²) in [6.45, 7) is 3.00. The Bertz CT molecular complexity index is 1060. The van der Waals surface area contributed by atoms with Gasteiger partial charge in [-0.2, -0.15) is 4.98 Å². The Morgan fingerprint density at radius 2 is 1.71 bits per heavy atom. The van der Waals surface area contributed by atoms with Crippen molar-refractivity contribution in [3.63, 3.8) is 0 Å². The van der Waals surface area contributed by atoms with Crippen molar-refractivity contribution in [2.45, 2.75) is 63.3 Å². The van der Waals surface area contributed by atoms with Gasteiger partial charge in [-0.15, -0.1) is 0 Å². The molecule has 2 aliphatic rings. The topological polar surface area (TPSA) is 71.3 Å². The van der Waals surface area contributed by atoms with Crippen LogP contribution in [0.5, 0.6) is 0 Å². The summed E-state index contributed by atoms with van der Waals surface area (Å²) in [5, 5.41) is 7.55. The summed E-state index contributed by atoms with van der Waals surface area (Å²) in [5.74, 6) is 2.65. The lowest BCUT2D eigenvalue weighted by Crippen LogP contribution is -2.37. The molecule has 2 heterocycles. The molecule has 1 aliphatic carbocycles. The standard InChI is InChI=1S/C29H36N4O2/c34-28(21-23-10-7-11-23)30-26(24-12-5-2-6-13-24)16-19-33-17-14-25(15-18-33)29-31-27(32-35-29)20-22-8-3-1-4-9-22/h1-6,8-9,12-13,23,25-26H,7,10-11,14-21H2,(H,30,34). The number of aromatic nitrogens is 2. The molecule has 184 valence electrons. The van der Waals surface area contributed by atoms with Gasteiger partial charge in [-0.25, -0.2) is 0 Å². The van der Waals surface area contributed by atoms with E-state index in [0.29, 0.717) is 24.7 Å². The molecule has 2 fully saturated rings. The third-order valence-corrected chi connectivity index (χ3v) is 7.60. The van der Waals surface area contributed by atoms with Crippen LogP contribution < -0.4 is 5.32 Å². The van der Waals surface area contributed by atoms with Crippen LogP contribution in [0.1, 0.15) is 79.7 Å². The van der Waals surface area contributed by atoms with Gasteiger partial charge in [0.15, 0.2) is 5.82 Å². The van der Waals surface area contributed by atoms with E-state index in [4.69, 9.17) is 9.51 Å². The largest absolute Gasteiger partial charge is 0.349 e. The second-order valence-corrected chi connectivity index (χ2v) is 10.1. The zero-order chi connectivity index (χ0) is 23.9. The molecule has 1 unspecified atom stereocenters. The Kier molecular flexibility index (Phi) is 7.89. The second kappa shape index (κ2) is 11.6. The van der Waals surface area contributed by atoms with Crippen LogP contribution in [-0.2, 0) is 11.2 Å². The molecule has 0 spiro atoms. The van der Waals surface area contributed by atoms with E-state index in [9.17, 15) is 4.79 Å². The van der Waals surface area contributed by atoms with E-state index < -0.39 is 0 Å². The maximum atomic E-state index is 12.7. The maximum absolute atomic E-state index is 12.7. The molecule has 1 amide bonds. The summed E-state index contributed by atoms with van der Waals surface area (Å²) < 4.78 is 5.63. The number of carbonyl (C=O) groups is 1. The first-order chi connectivity index (χ1) is 17.2. The highest BCUT2D eigenvalue weighted by Gasteiger charge is 2.27. The molecule has 2 aromatic carbocycles. The Hall–Kier alpha value is -2.99. The van der Waals surface area contributed by atoms with Gasteiger partial charge in [0, 0.05) is 25.3 Å². The molecule has 5 rings (SSSR count). The van der Waals surface area contributed by atoms with Gasteiger partial charge in [0.05, 0.1) is 6.04 Å². The van der Waals surface area contributed by atoms with Gasteiger partial charge >= 0.3 is 0 Å². The van der Waals surface area contributed by atoms with Crippen LogP contribution in [0.4, 0.5) is 0 Å². The first-order valence-corrected chi connectivity index (χ1v) is 13.2. The minimum Gasteiger partial charge on any atom is -0.349 e. The Morgan fingerprint density at radius 1 is 1.00 bits per heavy atom. The van der Waals surface area contributed by atoms with E-state index in [2.05, 4.69) is 51.8 Å². The molecule has 1 atom stereocenters. The van der Waals surface area contributed by atoms with Crippen LogP contribution in [0, 0.1) is 5.92 Å². The second-order valence-electron chi connectivity index (χ2n) is 10.1. The Morgan fingerprint density at radius 3 is 2.40 bits per heavy atom. The summed E-state index contributed by atoms with van der Waals surface area (Å²) in [6.07, 6.45) is 8.02. The Balaban J connectivity index is 1.11. The van der Waals surface area contributed by atoms with E-state index in [1.54, 1.807) is 0 Å². The number of amides is 1. The van der Waals surface area contributed by atoms with E-state index in [1.165, 1.54) is 30.4 Å². The quantitative estimate of drug-likeness (QED) is 0.435. The van der Waals surface area contributed by atoms with Crippen molar-refractivity contribution in [2.24, 2.45) is 5.92 Å². The first-order valence-electron chi connectivity index (χ1n) is 13.2. The van der Waals surface area contributed by atoms with Gasteiger partial charge in [-0.05, 0) is 62.2 Å². The summed E-state index contributed by atoms with van der Waals surface area (Å²) in [4.78, 5) is 19.8. The number of piperidine rings is 1. The lowest BCUT2D eigenvalue weighted by Gasteiger charge is -2.32. The molecule has 1 N–H and O–H groups in total. The highest BCUT2D eigenvalue weighted by molar-refractivity contribution is 5.76. The van der Waals surface area contributed by atoms with Crippen molar-refractivity contribution in [3.05, 3.63) is 83.5 Å². The lowest BCUT2D eigenvalue weighted by molar-refractivity contribution is -0.123. The monoisotopic (exact) mass is 472 g/mol. The number of hydrogen-bond acceptors (Lipinski definition) is 5. The number of hydrogen-bond donors (Lipinski definition) is 1. The first kappa shape index (κ1) is 23.7. The van der Waals surface area contributed by atoms with Crippen LogP contribution in [0.25, 0.3) is 0 Å². The summed E-state index contributed by atoms with van der Waals surface area (Å²) in [6, 6.07) is 20.7. The van der Waals surface area contributed by atoms with Gasteiger partial charge in [0.2, 0.25) is 11.8 Å². The molecule has 0 bridgehead atoms. The predicted molar refractivity (Wildman–Crippen MR) is 136 cm³/mol. The zero-order valence-electron chi connectivity index (χ0n) is 20.4. The van der Waals surface area contributed by atoms with Crippen molar-refractivity contribution < 1.29 is 9.32 Å². The molecule has 6 nitrogen and oxygen atoms in total. The Labute approximate surface area is 208 Å². The van der Waals surface area contributed by atoms with Crippen LogP contribution in [0.3, 0.4) is 0 Å². The molecule has 3 aromatic rings. The van der Waals surface area contributed by atoms with Gasteiger partial charge in [-0.3, -0.25) is 4.79 Å². The molecule has 35 heavy (non-hydrogen) atoms. The van der Waals surface area contributed by atoms with E-state index in [1.807, 2.05) is 24.3 Å². The zero-order valence-corrected chi connectivity index (χ0v) is 20.4. The number of rotatable bonds is 10.